The third kappa shape index (κ3) is 5.03. The summed E-state index contributed by atoms with van der Waals surface area (Å²) in [6, 6.07) is 7.73. The Morgan fingerprint density at radius 3 is 3.00 bits per heavy atom. The van der Waals surface area contributed by atoms with Gasteiger partial charge in [0.2, 0.25) is 0 Å². The molecule has 1 N–H and O–H groups in total. The van der Waals surface area contributed by atoms with Gasteiger partial charge in [-0.2, -0.15) is 5.26 Å². The fourth-order valence-electron chi connectivity index (χ4n) is 1.29. The molecular formula is C13H15BrN2O. The van der Waals surface area contributed by atoms with Gasteiger partial charge in [-0.1, -0.05) is 22.0 Å². The van der Waals surface area contributed by atoms with Crippen molar-refractivity contribution >= 4 is 21.6 Å². The predicted octanol–water partition coefficient (Wildman–Crippen LogP) is 3.33. The topological polar surface area (TPSA) is 45.0 Å². The zero-order chi connectivity index (χ0) is 12.5. The molecule has 0 bridgehead atoms. The number of nitrogens with zero attached hydrogens (tertiary/aromatic N) is 1. The van der Waals surface area contributed by atoms with Gasteiger partial charge in [0.05, 0.1) is 24.5 Å². The Balaban J connectivity index is 2.36. The fourth-order valence-corrected chi connectivity index (χ4v) is 1.65. The van der Waals surface area contributed by atoms with Crippen molar-refractivity contribution in [1.82, 2.24) is 0 Å². The first-order valence-electron chi connectivity index (χ1n) is 5.40. The summed E-state index contributed by atoms with van der Waals surface area (Å²) >= 11 is 3.33. The summed E-state index contributed by atoms with van der Waals surface area (Å²) in [5, 5.41) is 12.1. The molecule has 1 aromatic rings. The molecule has 0 heterocycles. The number of ether oxygens (including phenoxy) is 1. The Labute approximate surface area is 110 Å². The standard InChI is InChI=1S/C13H15BrN2O/c1-2-3-7-17-8-6-16-13-5-4-12(14)9-11(13)10-15/h2,4-5,9,16H,1,3,6-8H2. The lowest BCUT2D eigenvalue weighted by Gasteiger charge is -2.08. The first-order chi connectivity index (χ1) is 8.27. The van der Waals surface area contributed by atoms with Crippen LogP contribution in [0.2, 0.25) is 0 Å². The summed E-state index contributed by atoms with van der Waals surface area (Å²) in [5.41, 5.74) is 1.47. The summed E-state index contributed by atoms with van der Waals surface area (Å²) in [6.07, 6.45) is 2.69. The van der Waals surface area contributed by atoms with Gasteiger partial charge in [-0.05, 0) is 24.6 Å². The lowest BCUT2D eigenvalue weighted by molar-refractivity contribution is 0.149. The highest BCUT2D eigenvalue weighted by Gasteiger charge is 2.01. The van der Waals surface area contributed by atoms with Gasteiger partial charge < -0.3 is 10.1 Å². The number of rotatable bonds is 7. The summed E-state index contributed by atoms with van der Waals surface area (Å²) in [7, 11) is 0. The van der Waals surface area contributed by atoms with E-state index >= 15 is 0 Å². The number of nitrogens with one attached hydrogen (secondary N) is 1. The van der Waals surface area contributed by atoms with E-state index in [0.29, 0.717) is 25.3 Å². The van der Waals surface area contributed by atoms with E-state index in [0.717, 1.165) is 16.6 Å². The SMILES string of the molecule is C=CCCOCCNc1ccc(Br)cc1C#N. The summed E-state index contributed by atoms with van der Waals surface area (Å²) in [6.45, 7) is 5.62. The number of nitriles is 1. The number of benzene rings is 1. The highest BCUT2D eigenvalue weighted by atomic mass is 79.9. The van der Waals surface area contributed by atoms with Crippen LogP contribution < -0.4 is 5.32 Å². The predicted molar refractivity (Wildman–Crippen MR) is 73.0 cm³/mol. The Morgan fingerprint density at radius 1 is 1.47 bits per heavy atom. The molecule has 0 aliphatic carbocycles. The van der Waals surface area contributed by atoms with E-state index in [1.807, 2.05) is 18.2 Å². The second-order valence-electron chi connectivity index (χ2n) is 3.42. The average Bonchev–Trinajstić information content (AvgIpc) is 2.35. The van der Waals surface area contributed by atoms with Crippen molar-refractivity contribution in [3.8, 4) is 6.07 Å². The van der Waals surface area contributed by atoms with Crippen LogP contribution >= 0.6 is 15.9 Å². The van der Waals surface area contributed by atoms with Crippen LogP contribution in [0.5, 0.6) is 0 Å². The van der Waals surface area contributed by atoms with Crippen LogP contribution in [-0.2, 0) is 4.74 Å². The minimum absolute atomic E-state index is 0.620. The molecule has 90 valence electrons. The first kappa shape index (κ1) is 13.8. The molecule has 0 saturated heterocycles. The van der Waals surface area contributed by atoms with Crippen molar-refractivity contribution in [3.63, 3.8) is 0 Å². The van der Waals surface area contributed by atoms with Crippen LogP contribution in [0.15, 0.2) is 35.3 Å². The zero-order valence-electron chi connectivity index (χ0n) is 9.58. The molecule has 17 heavy (non-hydrogen) atoms. The van der Waals surface area contributed by atoms with Crippen LogP contribution in [-0.4, -0.2) is 19.8 Å². The second-order valence-corrected chi connectivity index (χ2v) is 4.33. The van der Waals surface area contributed by atoms with E-state index < -0.39 is 0 Å². The average molecular weight is 295 g/mol. The molecule has 4 heteroatoms. The van der Waals surface area contributed by atoms with Gasteiger partial charge in [-0.15, -0.1) is 6.58 Å². The Bertz CT molecular complexity index is 412. The summed E-state index contributed by atoms with van der Waals surface area (Å²) in [5.74, 6) is 0. The molecule has 0 saturated carbocycles. The molecule has 1 aromatic carbocycles. The Morgan fingerprint density at radius 2 is 2.29 bits per heavy atom. The minimum atomic E-state index is 0.620. The molecule has 3 nitrogen and oxygen atoms in total. The van der Waals surface area contributed by atoms with Crippen molar-refractivity contribution in [2.45, 2.75) is 6.42 Å². The number of hydrogen-bond donors (Lipinski definition) is 1. The monoisotopic (exact) mass is 294 g/mol. The number of hydrogen-bond acceptors (Lipinski definition) is 3. The van der Waals surface area contributed by atoms with Crippen molar-refractivity contribution in [3.05, 3.63) is 40.9 Å². The van der Waals surface area contributed by atoms with Crippen LogP contribution in [0, 0.1) is 11.3 Å². The molecule has 0 radical (unpaired) electrons. The number of anilines is 1. The normalized spacial score (nSPS) is 9.65. The largest absolute Gasteiger partial charge is 0.382 e. The van der Waals surface area contributed by atoms with Gasteiger partial charge in [-0.25, -0.2) is 0 Å². The third-order valence-electron chi connectivity index (χ3n) is 2.13. The van der Waals surface area contributed by atoms with E-state index in [2.05, 4.69) is 33.9 Å². The maximum atomic E-state index is 8.96. The van der Waals surface area contributed by atoms with Gasteiger partial charge >= 0.3 is 0 Å². The lowest BCUT2D eigenvalue weighted by atomic mass is 10.2. The fraction of sp³-hybridized carbons (Fsp3) is 0.308. The molecule has 0 aliphatic heterocycles. The second kappa shape index (κ2) is 7.88. The third-order valence-corrected chi connectivity index (χ3v) is 2.62. The molecule has 0 unspecified atom stereocenters. The van der Waals surface area contributed by atoms with Crippen LogP contribution in [0.1, 0.15) is 12.0 Å². The van der Waals surface area contributed by atoms with E-state index in [1.54, 1.807) is 6.07 Å². The van der Waals surface area contributed by atoms with Crippen LogP contribution in [0.3, 0.4) is 0 Å². The number of halogens is 1. The molecular weight excluding hydrogens is 280 g/mol. The van der Waals surface area contributed by atoms with E-state index in [9.17, 15) is 0 Å². The highest BCUT2D eigenvalue weighted by Crippen LogP contribution is 2.19. The summed E-state index contributed by atoms with van der Waals surface area (Å²) in [4.78, 5) is 0. The molecule has 0 amide bonds. The van der Waals surface area contributed by atoms with Crippen molar-refractivity contribution in [1.29, 1.82) is 5.26 Å². The van der Waals surface area contributed by atoms with Gasteiger partial charge in [0.25, 0.3) is 0 Å². The Hall–Kier alpha value is -1.31. The maximum absolute atomic E-state index is 8.96. The minimum Gasteiger partial charge on any atom is -0.382 e. The smallest absolute Gasteiger partial charge is 0.101 e. The van der Waals surface area contributed by atoms with Gasteiger partial charge in [0, 0.05) is 11.0 Å². The molecule has 0 spiro atoms. The quantitative estimate of drug-likeness (QED) is 0.620. The summed E-state index contributed by atoms with van der Waals surface area (Å²) < 4.78 is 6.27. The molecule has 0 atom stereocenters. The van der Waals surface area contributed by atoms with Crippen LogP contribution in [0.25, 0.3) is 0 Å². The van der Waals surface area contributed by atoms with Gasteiger partial charge in [0.15, 0.2) is 0 Å². The molecule has 0 aliphatic rings. The van der Waals surface area contributed by atoms with E-state index in [1.165, 1.54) is 0 Å². The van der Waals surface area contributed by atoms with Crippen LogP contribution in [0.4, 0.5) is 5.69 Å². The first-order valence-corrected chi connectivity index (χ1v) is 6.19. The molecule has 0 fully saturated rings. The van der Waals surface area contributed by atoms with E-state index in [4.69, 9.17) is 10.00 Å². The Kier molecular flexibility index (Phi) is 6.38. The van der Waals surface area contributed by atoms with Crippen molar-refractivity contribution in [2.24, 2.45) is 0 Å². The zero-order valence-corrected chi connectivity index (χ0v) is 11.2. The van der Waals surface area contributed by atoms with Gasteiger partial charge in [-0.3, -0.25) is 0 Å². The molecule has 0 aromatic heterocycles. The highest BCUT2D eigenvalue weighted by molar-refractivity contribution is 9.10. The molecule has 1 rings (SSSR count). The van der Waals surface area contributed by atoms with Crippen molar-refractivity contribution in [2.75, 3.05) is 25.1 Å². The van der Waals surface area contributed by atoms with E-state index in [-0.39, 0.29) is 0 Å². The van der Waals surface area contributed by atoms with Gasteiger partial charge in [0.1, 0.15) is 6.07 Å². The maximum Gasteiger partial charge on any atom is 0.101 e. The van der Waals surface area contributed by atoms with Crippen molar-refractivity contribution < 1.29 is 4.74 Å². The lowest BCUT2D eigenvalue weighted by Crippen LogP contribution is -2.10.